The molecule has 104 valence electrons. The molecule has 7 heteroatoms. The number of hydrogen-bond donors (Lipinski definition) is 1. The number of methoxy groups -OCH3 is 1. The lowest BCUT2D eigenvalue weighted by atomic mass is 10.0. The lowest BCUT2D eigenvalue weighted by Crippen LogP contribution is -2.23. The average molecular weight is 274 g/mol. The summed E-state index contributed by atoms with van der Waals surface area (Å²) in [6, 6.07) is 2.42. The van der Waals surface area contributed by atoms with Gasteiger partial charge >= 0.3 is 6.18 Å². The van der Waals surface area contributed by atoms with Crippen molar-refractivity contribution in [1.29, 1.82) is 0 Å². The largest absolute Gasteiger partial charge is 0.496 e. The molecular weight excluding hydrogens is 261 g/mol. The van der Waals surface area contributed by atoms with Gasteiger partial charge < -0.3 is 10.1 Å². The first-order valence-corrected chi connectivity index (χ1v) is 5.31. The Morgan fingerprint density at radius 1 is 1.42 bits per heavy atom. The molecule has 0 spiro atoms. The molecule has 0 radical (unpaired) electrons. The minimum atomic E-state index is -4.94. The van der Waals surface area contributed by atoms with Gasteiger partial charge in [0.25, 0.3) is 5.78 Å². The predicted octanol–water partition coefficient (Wildman–Crippen LogP) is 2.63. The molecule has 0 bridgehead atoms. The Bertz CT molecular complexity index is 510. The maximum absolute atomic E-state index is 12.4. The van der Waals surface area contributed by atoms with Crippen molar-refractivity contribution in [1.82, 2.24) is 5.32 Å². The summed E-state index contributed by atoms with van der Waals surface area (Å²) < 4.78 is 42.1. The molecule has 1 aromatic rings. The molecule has 0 saturated heterocycles. The molecule has 1 aromatic carbocycles. The van der Waals surface area contributed by atoms with E-state index in [9.17, 15) is 18.0 Å². The number of aliphatic imine (C=N–C) groups is 1. The number of Topliss-reactive ketones (excluding diaryl/α,β-unsaturated/α-hetero) is 1. The predicted molar refractivity (Wildman–Crippen MR) is 65.3 cm³/mol. The molecular formula is C12H13F3N2O2. The summed E-state index contributed by atoms with van der Waals surface area (Å²) in [6.45, 7) is 1.56. The van der Waals surface area contributed by atoms with Gasteiger partial charge in [-0.2, -0.15) is 13.2 Å². The van der Waals surface area contributed by atoms with Crippen LogP contribution in [-0.4, -0.2) is 32.5 Å². The summed E-state index contributed by atoms with van der Waals surface area (Å²) in [6.07, 6.45) is -3.55. The molecule has 0 amide bonds. The average Bonchev–Trinajstić information content (AvgIpc) is 2.35. The Morgan fingerprint density at radius 2 is 2.05 bits per heavy atom. The summed E-state index contributed by atoms with van der Waals surface area (Å²) in [5, 5.41) is 2.66. The summed E-state index contributed by atoms with van der Waals surface area (Å²) in [5.41, 5.74) is 0.348. The number of nitrogens with one attached hydrogen (secondary N) is 1. The second-order valence-electron chi connectivity index (χ2n) is 3.71. The van der Waals surface area contributed by atoms with E-state index in [0.29, 0.717) is 11.3 Å². The van der Waals surface area contributed by atoms with E-state index in [1.54, 1.807) is 14.0 Å². The number of hydrogen-bond acceptors (Lipinski definition) is 3. The fourth-order valence-corrected chi connectivity index (χ4v) is 1.45. The van der Waals surface area contributed by atoms with Crippen LogP contribution in [0.3, 0.4) is 0 Å². The normalized spacial score (nSPS) is 11.7. The molecule has 1 rings (SSSR count). The van der Waals surface area contributed by atoms with Crippen LogP contribution in [0.4, 0.5) is 18.9 Å². The van der Waals surface area contributed by atoms with E-state index in [1.165, 1.54) is 19.5 Å². The summed E-state index contributed by atoms with van der Waals surface area (Å²) in [5.74, 6) is -2.09. The number of halogens is 3. The molecule has 0 aromatic heterocycles. The Kier molecular flexibility index (Phi) is 4.52. The van der Waals surface area contributed by atoms with Crippen molar-refractivity contribution >= 4 is 17.8 Å². The molecule has 1 N–H and O–H groups in total. The highest BCUT2D eigenvalue weighted by Gasteiger charge is 2.41. The molecule has 4 nitrogen and oxygen atoms in total. The maximum Gasteiger partial charge on any atom is 0.455 e. The highest BCUT2D eigenvalue weighted by atomic mass is 19.4. The number of ether oxygens (including phenoxy) is 1. The van der Waals surface area contributed by atoms with Crippen molar-refractivity contribution in [3.8, 4) is 5.75 Å². The van der Waals surface area contributed by atoms with E-state index < -0.39 is 17.5 Å². The van der Waals surface area contributed by atoms with Crippen molar-refractivity contribution < 1.29 is 22.7 Å². The van der Waals surface area contributed by atoms with Gasteiger partial charge in [0, 0.05) is 13.1 Å². The van der Waals surface area contributed by atoms with E-state index in [4.69, 9.17) is 4.74 Å². The zero-order chi connectivity index (χ0) is 14.6. The van der Waals surface area contributed by atoms with Gasteiger partial charge in [0.15, 0.2) is 0 Å². The van der Waals surface area contributed by atoms with Gasteiger partial charge in [-0.3, -0.25) is 4.79 Å². The zero-order valence-corrected chi connectivity index (χ0v) is 10.6. The second-order valence-corrected chi connectivity index (χ2v) is 3.71. The summed E-state index contributed by atoms with van der Waals surface area (Å²) in [4.78, 5) is 15.3. The SMILES string of the molecule is CN/C=N\c1cc(OC)c(C(=O)C(F)(F)F)cc1C. The van der Waals surface area contributed by atoms with Crippen molar-refractivity contribution in [2.45, 2.75) is 13.1 Å². The fraction of sp³-hybridized carbons (Fsp3) is 0.333. The Hall–Kier alpha value is -2.05. The monoisotopic (exact) mass is 274 g/mol. The first-order chi connectivity index (χ1) is 8.81. The van der Waals surface area contributed by atoms with Gasteiger partial charge in [0.05, 0.1) is 24.7 Å². The number of rotatable bonds is 4. The van der Waals surface area contributed by atoms with Gasteiger partial charge in [-0.05, 0) is 18.6 Å². The minimum Gasteiger partial charge on any atom is -0.496 e. The van der Waals surface area contributed by atoms with Crippen LogP contribution >= 0.6 is 0 Å². The Morgan fingerprint density at radius 3 is 2.53 bits per heavy atom. The third-order valence-corrected chi connectivity index (χ3v) is 2.35. The zero-order valence-electron chi connectivity index (χ0n) is 10.6. The van der Waals surface area contributed by atoms with Crippen LogP contribution in [0.25, 0.3) is 0 Å². The standard InChI is InChI=1S/C12H13F3N2O2/c1-7-4-8(11(18)12(13,14)15)10(19-3)5-9(7)17-6-16-2/h4-6H,1-3H3,(H,16,17). The molecule has 0 aliphatic carbocycles. The molecule has 0 saturated carbocycles. The topological polar surface area (TPSA) is 50.7 Å². The van der Waals surface area contributed by atoms with Gasteiger partial charge in [0.1, 0.15) is 5.75 Å². The van der Waals surface area contributed by atoms with E-state index in [2.05, 4.69) is 10.3 Å². The first kappa shape index (κ1) is 15.0. The quantitative estimate of drug-likeness (QED) is 0.521. The first-order valence-electron chi connectivity index (χ1n) is 5.31. The highest BCUT2D eigenvalue weighted by molar-refractivity contribution is 6.03. The molecule has 0 fully saturated rings. The number of nitrogens with zero attached hydrogens (tertiary/aromatic N) is 1. The van der Waals surface area contributed by atoms with Crippen molar-refractivity contribution in [3.05, 3.63) is 23.3 Å². The number of carbonyl (C=O) groups excluding carboxylic acids is 1. The third-order valence-electron chi connectivity index (χ3n) is 2.35. The van der Waals surface area contributed by atoms with E-state index in [0.717, 1.165) is 6.07 Å². The van der Waals surface area contributed by atoms with E-state index in [1.807, 2.05) is 0 Å². The maximum atomic E-state index is 12.4. The molecule has 0 heterocycles. The molecule has 0 atom stereocenters. The van der Waals surface area contributed by atoms with Crippen molar-refractivity contribution in [2.75, 3.05) is 14.2 Å². The Balaban J connectivity index is 3.32. The lowest BCUT2D eigenvalue weighted by molar-refractivity contribution is -0.0886. The van der Waals surface area contributed by atoms with Crippen molar-refractivity contribution in [2.24, 2.45) is 4.99 Å². The highest BCUT2D eigenvalue weighted by Crippen LogP contribution is 2.33. The van der Waals surface area contributed by atoms with E-state index >= 15 is 0 Å². The van der Waals surface area contributed by atoms with Crippen LogP contribution in [0.1, 0.15) is 15.9 Å². The number of carbonyl (C=O) groups is 1. The summed E-state index contributed by atoms with van der Waals surface area (Å²) >= 11 is 0. The van der Waals surface area contributed by atoms with Gasteiger partial charge in [-0.1, -0.05) is 0 Å². The van der Waals surface area contributed by atoms with Crippen LogP contribution in [0.15, 0.2) is 17.1 Å². The number of benzene rings is 1. The lowest BCUT2D eigenvalue weighted by Gasteiger charge is -2.12. The molecule has 0 unspecified atom stereocenters. The smallest absolute Gasteiger partial charge is 0.455 e. The number of alkyl halides is 3. The third kappa shape index (κ3) is 3.46. The molecule has 0 aliphatic heterocycles. The number of ketones is 1. The van der Waals surface area contributed by atoms with Crippen LogP contribution in [0, 0.1) is 6.92 Å². The number of aryl methyl sites for hydroxylation is 1. The molecule has 19 heavy (non-hydrogen) atoms. The fourth-order valence-electron chi connectivity index (χ4n) is 1.45. The van der Waals surface area contributed by atoms with Crippen LogP contribution in [-0.2, 0) is 0 Å². The van der Waals surface area contributed by atoms with Crippen LogP contribution in [0.5, 0.6) is 5.75 Å². The minimum absolute atomic E-state index is 0.156. The molecule has 0 aliphatic rings. The van der Waals surface area contributed by atoms with Crippen LogP contribution < -0.4 is 10.1 Å². The van der Waals surface area contributed by atoms with Crippen molar-refractivity contribution in [3.63, 3.8) is 0 Å². The Labute approximate surface area is 108 Å². The summed E-state index contributed by atoms with van der Waals surface area (Å²) in [7, 11) is 2.83. The van der Waals surface area contributed by atoms with Gasteiger partial charge in [-0.25, -0.2) is 4.99 Å². The van der Waals surface area contributed by atoms with Gasteiger partial charge in [-0.15, -0.1) is 0 Å². The van der Waals surface area contributed by atoms with Gasteiger partial charge in [0.2, 0.25) is 0 Å². The van der Waals surface area contributed by atoms with Crippen LogP contribution in [0.2, 0.25) is 0 Å². The van der Waals surface area contributed by atoms with E-state index in [-0.39, 0.29) is 5.75 Å². The second kappa shape index (κ2) is 5.73.